The molecule has 0 saturated carbocycles. The molecule has 3 rings (SSSR count). The van der Waals surface area contributed by atoms with Crippen molar-refractivity contribution in [3.05, 3.63) is 34.6 Å². The van der Waals surface area contributed by atoms with Gasteiger partial charge in [0.05, 0.1) is 0 Å². The molecule has 0 amide bonds. The number of carbonyl (C=O) groups is 2. The molecular formula is C15H16O4. The molecule has 0 aromatic rings. The lowest BCUT2D eigenvalue weighted by atomic mass is 9.60. The normalized spacial score (nSPS) is 37.5. The topological polar surface area (TPSA) is 63.6 Å². The van der Waals surface area contributed by atoms with E-state index in [4.69, 9.17) is 4.74 Å². The highest BCUT2D eigenvalue weighted by atomic mass is 16.5. The molecule has 3 atom stereocenters. The van der Waals surface area contributed by atoms with Crippen LogP contribution in [0.3, 0.4) is 0 Å². The summed E-state index contributed by atoms with van der Waals surface area (Å²) in [5.74, 6) is -0.0567. The molecule has 0 radical (unpaired) electrons. The third-order valence-corrected chi connectivity index (χ3v) is 4.64. The van der Waals surface area contributed by atoms with Crippen LogP contribution in [0.15, 0.2) is 34.6 Å². The van der Waals surface area contributed by atoms with E-state index < -0.39 is 11.5 Å². The van der Waals surface area contributed by atoms with Gasteiger partial charge in [0, 0.05) is 16.6 Å². The maximum atomic E-state index is 11.8. The van der Waals surface area contributed by atoms with E-state index in [0.29, 0.717) is 17.8 Å². The lowest BCUT2D eigenvalue weighted by Crippen LogP contribution is -2.47. The minimum absolute atomic E-state index is 0.0309. The SMILES string of the molecule is CC1=CC(=O)[C@H](O)[C@@]2(C)C=C3OC(=O)C(C)=C3C[C@H]12. The molecule has 0 aromatic heterocycles. The van der Waals surface area contributed by atoms with Crippen LogP contribution in [0.2, 0.25) is 0 Å². The molecule has 0 aromatic carbocycles. The molecule has 1 aliphatic heterocycles. The summed E-state index contributed by atoms with van der Waals surface area (Å²) in [4.78, 5) is 23.4. The molecule has 0 unspecified atom stereocenters. The van der Waals surface area contributed by atoms with Gasteiger partial charge in [0.1, 0.15) is 11.9 Å². The molecule has 1 N–H and O–H groups in total. The van der Waals surface area contributed by atoms with Gasteiger partial charge in [0.2, 0.25) is 0 Å². The molecule has 4 nitrogen and oxygen atoms in total. The lowest BCUT2D eigenvalue weighted by Gasteiger charge is -2.44. The number of aliphatic hydroxyl groups is 1. The summed E-state index contributed by atoms with van der Waals surface area (Å²) in [5.41, 5.74) is 1.79. The van der Waals surface area contributed by atoms with E-state index in [9.17, 15) is 14.7 Å². The van der Waals surface area contributed by atoms with Crippen molar-refractivity contribution >= 4 is 11.8 Å². The third kappa shape index (κ3) is 1.49. The molecule has 0 bridgehead atoms. The van der Waals surface area contributed by atoms with Crippen LogP contribution in [-0.2, 0) is 14.3 Å². The van der Waals surface area contributed by atoms with E-state index in [1.54, 1.807) is 13.0 Å². The fourth-order valence-electron chi connectivity index (χ4n) is 3.35. The number of ketones is 1. The predicted octanol–water partition coefficient (Wildman–Crippen LogP) is 1.66. The van der Waals surface area contributed by atoms with Crippen molar-refractivity contribution in [2.75, 3.05) is 0 Å². The number of esters is 1. The van der Waals surface area contributed by atoms with E-state index >= 15 is 0 Å². The quantitative estimate of drug-likeness (QED) is 0.673. The highest BCUT2D eigenvalue weighted by Crippen LogP contribution is 2.51. The molecule has 2 aliphatic carbocycles. The van der Waals surface area contributed by atoms with Gasteiger partial charge in [-0.05, 0) is 38.3 Å². The highest BCUT2D eigenvalue weighted by Gasteiger charge is 2.50. The van der Waals surface area contributed by atoms with Gasteiger partial charge < -0.3 is 9.84 Å². The zero-order valence-corrected chi connectivity index (χ0v) is 11.2. The van der Waals surface area contributed by atoms with E-state index in [1.807, 2.05) is 13.8 Å². The molecule has 19 heavy (non-hydrogen) atoms. The van der Waals surface area contributed by atoms with Crippen LogP contribution >= 0.6 is 0 Å². The lowest BCUT2D eigenvalue weighted by molar-refractivity contribution is -0.133. The van der Waals surface area contributed by atoms with Crippen molar-refractivity contribution in [1.82, 2.24) is 0 Å². The molecule has 100 valence electrons. The molecule has 0 spiro atoms. The van der Waals surface area contributed by atoms with E-state index in [2.05, 4.69) is 0 Å². The van der Waals surface area contributed by atoms with Crippen molar-refractivity contribution in [3.8, 4) is 0 Å². The smallest absolute Gasteiger partial charge is 0.339 e. The Labute approximate surface area is 111 Å². The summed E-state index contributed by atoms with van der Waals surface area (Å²) in [6, 6.07) is 0. The minimum atomic E-state index is -1.07. The average Bonchev–Trinajstić information content (AvgIpc) is 2.60. The maximum absolute atomic E-state index is 11.8. The van der Waals surface area contributed by atoms with Crippen molar-refractivity contribution in [2.45, 2.75) is 33.3 Å². The zero-order chi connectivity index (χ0) is 13.9. The monoisotopic (exact) mass is 260 g/mol. The Morgan fingerprint density at radius 3 is 2.74 bits per heavy atom. The Balaban J connectivity index is 2.17. The Kier molecular flexibility index (Phi) is 2.39. The highest BCUT2D eigenvalue weighted by molar-refractivity contribution is 5.97. The summed E-state index contributed by atoms with van der Waals surface area (Å²) in [6.07, 6.45) is 2.83. The van der Waals surface area contributed by atoms with Gasteiger partial charge in [-0.15, -0.1) is 0 Å². The van der Waals surface area contributed by atoms with Gasteiger partial charge in [-0.2, -0.15) is 0 Å². The first-order valence-corrected chi connectivity index (χ1v) is 6.40. The summed E-state index contributed by atoms with van der Waals surface area (Å²) in [5, 5.41) is 10.2. The second-order valence-corrected chi connectivity index (χ2v) is 5.82. The second-order valence-electron chi connectivity index (χ2n) is 5.82. The second kappa shape index (κ2) is 3.67. The number of ether oxygens (including phenoxy) is 1. The molecule has 0 saturated heterocycles. The number of hydrogen-bond donors (Lipinski definition) is 1. The van der Waals surface area contributed by atoms with E-state index in [-0.39, 0.29) is 17.7 Å². The van der Waals surface area contributed by atoms with Gasteiger partial charge in [-0.1, -0.05) is 12.5 Å². The van der Waals surface area contributed by atoms with Crippen LogP contribution in [0, 0.1) is 11.3 Å². The van der Waals surface area contributed by atoms with Crippen molar-refractivity contribution < 1.29 is 19.4 Å². The van der Waals surface area contributed by atoms with Crippen LogP contribution in [0.5, 0.6) is 0 Å². The van der Waals surface area contributed by atoms with E-state index in [0.717, 1.165) is 11.1 Å². The van der Waals surface area contributed by atoms with Crippen LogP contribution in [0.4, 0.5) is 0 Å². The Morgan fingerprint density at radius 1 is 1.37 bits per heavy atom. The van der Waals surface area contributed by atoms with Crippen LogP contribution < -0.4 is 0 Å². The minimum Gasteiger partial charge on any atom is -0.423 e. The number of carbonyl (C=O) groups excluding carboxylic acids is 2. The first-order valence-electron chi connectivity index (χ1n) is 6.40. The average molecular weight is 260 g/mol. The van der Waals surface area contributed by atoms with Crippen molar-refractivity contribution in [1.29, 1.82) is 0 Å². The Hall–Kier alpha value is -1.68. The fourth-order valence-corrected chi connectivity index (χ4v) is 3.35. The van der Waals surface area contributed by atoms with E-state index in [1.165, 1.54) is 6.08 Å². The molecule has 4 heteroatoms. The standard InChI is InChI=1S/C15H16O4/c1-7-4-11(16)13(17)15(3)6-12-9(5-10(7)15)8(2)14(18)19-12/h4,6,10,13,17H,5H2,1-3H3/t10-,13+,15+/m1/s1. The number of hydrogen-bond acceptors (Lipinski definition) is 4. The molecule has 3 aliphatic rings. The number of fused-ring (bicyclic) bond motifs is 2. The van der Waals surface area contributed by atoms with Gasteiger partial charge in [0.15, 0.2) is 5.78 Å². The summed E-state index contributed by atoms with van der Waals surface area (Å²) < 4.78 is 5.22. The van der Waals surface area contributed by atoms with Crippen molar-refractivity contribution in [2.24, 2.45) is 11.3 Å². The summed E-state index contributed by atoms with van der Waals surface area (Å²) in [6.45, 7) is 5.51. The third-order valence-electron chi connectivity index (χ3n) is 4.64. The number of aliphatic hydroxyl groups excluding tert-OH is 1. The van der Waals surface area contributed by atoms with Gasteiger partial charge in [-0.25, -0.2) is 4.79 Å². The number of rotatable bonds is 0. The summed E-state index contributed by atoms with van der Waals surface area (Å²) >= 11 is 0. The van der Waals surface area contributed by atoms with Crippen molar-refractivity contribution in [3.63, 3.8) is 0 Å². The molecule has 1 heterocycles. The largest absolute Gasteiger partial charge is 0.423 e. The predicted molar refractivity (Wildman–Crippen MR) is 67.9 cm³/mol. The molecule has 0 fully saturated rings. The zero-order valence-electron chi connectivity index (χ0n) is 11.2. The Bertz CT molecular complexity index is 593. The first kappa shape index (κ1) is 12.4. The van der Waals surface area contributed by atoms with Gasteiger partial charge >= 0.3 is 5.97 Å². The van der Waals surface area contributed by atoms with Gasteiger partial charge in [0.25, 0.3) is 0 Å². The van der Waals surface area contributed by atoms with Crippen LogP contribution in [0.1, 0.15) is 27.2 Å². The Morgan fingerprint density at radius 2 is 2.05 bits per heavy atom. The number of allylic oxidation sites excluding steroid dienone is 2. The van der Waals surface area contributed by atoms with Crippen LogP contribution in [-0.4, -0.2) is 23.0 Å². The summed E-state index contributed by atoms with van der Waals surface area (Å²) in [7, 11) is 0. The first-order chi connectivity index (χ1) is 8.84. The fraction of sp³-hybridized carbons (Fsp3) is 0.467. The van der Waals surface area contributed by atoms with Crippen LogP contribution in [0.25, 0.3) is 0 Å². The van der Waals surface area contributed by atoms with Gasteiger partial charge in [-0.3, -0.25) is 4.79 Å². The maximum Gasteiger partial charge on any atom is 0.339 e. The molecular weight excluding hydrogens is 244 g/mol.